The number of hydrogen-bond acceptors (Lipinski definition) is 3. The van der Waals surface area contributed by atoms with Crippen LogP contribution in [-0.2, 0) is 4.79 Å². The molecule has 0 bridgehead atoms. The van der Waals surface area contributed by atoms with Gasteiger partial charge in [0, 0.05) is 15.7 Å². The fourth-order valence-electron chi connectivity index (χ4n) is 2.49. The van der Waals surface area contributed by atoms with Crippen molar-refractivity contribution in [2.24, 2.45) is 5.92 Å². The van der Waals surface area contributed by atoms with Crippen LogP contribution in [0.5, 0.6) is 0 Å². The molecule has 0 radical (unpaired) electrons. The highest BCUT2D eigenvalue weighted by Gasteiger charge is 2.38. The normalized spacial score (nSPS) is 24.1. The monoisotopic (exact) mass is 319 g/mol. The third kappa shape index (κ3) is 1.90. The standard InChI is InChI=1S/C14H10BrNO3/c15-7-4-5-11-10(6-7)13(17)8-2-1-3-9(14(18)19)12(8)16-11/h1-6,8,12,16H,(H,18,19). The molecule has 1 aliphatic carbocycles. The first-order valence-electron chi connectivity index (χ1n) is 5.80. The minimum absolute atomic E-state index is 0.0526. The van der Waals surface area contributed by atoms with E-state index in [1.54, 1.807) is 24.3 Å². The summed E-state index contributed by atoms with van der Waals surface area (Å²) in [5.41, 5.74) is 1.48. The number of allylic oxidation sites excluding steroid dienone is 2. The van der Waals surface area contributed by atoms with E-state index in [1.807, 2.05) is 6.07 Å². The number of nitrogens with one attached hydrogen (secondary N) is 1. The van der Waals surface area contributed by atoms with Gasteiger partial charge in [-0.1, -0.05) is 28.1 Å². The molecule has 2 atom stereocenters. The molecule has 5 heteroatoms. The first-order chi connectivity index (χ1) is 9.08. The second-order valence-corrected chi connectivity index (χ2v) is 5.43. The van der Waals surface area contributed by atoms with Crippen molar-refractivity contribution >= 4 is 33.4 Å². The van der Waals surface area contributed by atoms with Crippen LogP contribution >= 0.6 is 15.9 Å². The lowest BCUT2D eigenvalue weighted by Crippen LogP contribution is -2.42. The Morgan fingerprint density at radius 3 is 2.89 bits per heavy atom. The Bertz CT molecular complexity index is 648. The molecule has 1 aromatic rings. The Labute approximate surface area is 117 Å². The Morgan fingerprint density at radius 2 is 2.16 bits per heavy atom. The van der Waals surface area contributed by atoms with Crippen LogP contribution in [0.1, 0.15) is 10.4 Å². The van der Waals surface area contributed by atoms with Gasteiger partial charge >= 0.3 is 5.97 Å². The highest BCUT2D eigenvalue weighted by atomic mass is 79.9. The zero-order valence-corrected chi connectivity index (χ0v) is 11.3. The summed E-state index contributed by atoms with van der Waals surface area (Å²) in [5.74, 6) is -1.51. The fraction of sp³-hybridized carbons (Fsp3) is 0.143. The molecule has 4 nitrogen and oxygen atoms in total. The molecule has 3 rings (SSSR count). The fourth-order valence-corrected chi connectivity index (χ4v) is 2.85. The summed E-state index contributed by atoms with van der Waals surface area (Å²) in [7, 11) is 0. The number of Topliss-reactive ketones (excluding diaryl/α,β-unsaturated/α-hetero) is 1. The quantitative estimate of drug-likeness (QED) is 0.835. The molecule has 2 N–H and O–H groups in total. The number of aliphatic carboxylic acids is 1. The number of fused-ring (bicyclic) bond motifs is 2. The molecule has 0 aromatic heterocycles. The molecule has 2 unspecified atom stereocenters. The maximum absolute atomic E-state index is 12.4. The van der Waals surface area contributed by atoms with E-state index in [-0.39, 0.29) is 11.4 Å². The van der Waals surface area contributed by atoms with Gasteiger partial charge in [0.25, 0.3) is 0 Å². The van der Waals surface area contributed by atoms with Gasteiger partial charge in [-0.2, -0.15) is 0 Å². The molecule has 0 amide bonds. The van der Waals surface area contributed by atoms with E-state index in [1.165, 1.54) is 6.08 Å². The predicted molar refractivity (Wildman–Crippen MR) is 74.2 cm³/mol. The minimum Gasteiger partial charge on any atom is -0.478 e. The van der Waals surface area contributed by atoms with Crippen LogP contribution in [0.25, 0.3) is 0 Å². The highest BCUT2D eigenvalue weighted by Crippen LogP contribution is 2.35. The minimum atomic E-state index is -1.000. The summed E-state index contributed by atoms with van der Waals surface area (Å²) in [4.78, 5) is 23.7. The average molecular weight is 320 g/mol. The molecule has 1 heterocycles. The van der Waals surface area contributed by atoms with Crippen LogP contribution < -0.4 is 5.32 Å². The number of hydrogen-bond donors (Lipinski definition) is 2. The van der Waals surface area contributed by atoms with Gasteiger partial charge in [-0.05, 0) is 24.3 Å². The van der Waals surface area contributed by atoms with E-state index in [0.29, 0.717) is 11.3 Å². The third-order valence-electron chi connectivity index (χ3n) is 3.40. The van der Waals surface area contributed by atoms with Crippen molar-refractivity contribution in [1.29, 1.82) is 0 Å². The van der Waals surface area contributed by atoms with Crippen molar-refractivity contribution in [2.45, 2.75) is 6.04 Å². The van der Waals surface area contributed by atoms with Gasteiger partial charge in [0.05, 0.1) is 17.5 Å². The number of ketones is 1. The summed E-state index contributed by atoms with van der Waals surface area (Å²) < 4.78 is 0.827. The van der Waals surface area contributed by atoms with Crippen LogP contribution in [0.15, 0.2) is 46.5 Å². The van der Waals surface area contributed by atoms with Gasteiger partial charge in [-0.3, -0.25) is 4.79 Å². The molecule has 0 saturated carbocycles. The number of carboxylic acid groups (broad SMARTS) is 1. The van der Waals surface area contributed by atoms with Crippen molar-refractivity contribution < 1.29 is 14.7 Å². The second kappa shape index (κ2) is 4.35. The lowest BCUT2D eigenvalue weighted by Gasteiger charge is -2.34. The SMILES string of the molecule is O=C(O)C1=CC=CC2C(=O)c3cc(Br)ccc3NC12. The van der Waals surface area contributed by atoms with Gasteiger partial charge < -0.3 is 10.4 Å². The molecule has 2 aliphatic rings. The molecule has 0 fully saturated rings. The number of rotatable bonds is 1. The van der Waals surface area contributed by atoms with Gasteiger partial charge in [0.15, 0.2) is 5.78 Å². The largest absolute Gasteiger partial charge is 0.478 e. The number of carbonyl (C=O) groups is 2. The number of halogens is 1. The van der Waals surface area contributed by atoms with Crippen molar-refractivity contribution in [3.05, 3.63) is 52.0 Å². The number of anilines is 1. The summed E-state index contributed by atoms with van der Waals surface area (Å²) in [6, 6.07) is 4.87. The molecule has 96 valence electrons. The van der Waals surface area contributed by atoms with E-state index in [4.69, 9.17) is 0 Å². The van der Waals surface area contributed by atoms with E-state index in [2.05, 4.69) is 21.2 Å². The molecule has 1 aliphatic heterocycles. The smallest absolute Gasteiger partial charge is 0.333 e. The summed E-state index contributed by atoms with van der Waals surface area (Å²) in [6.45, 7) is 0. The predicted octanol–water partition coefficient (Wildman–Crippen LogP) is 2.62. The second-order valence-electron chi connectivity index (χ2n) is 4.51. The molecular weight excluding hydrogens is 310 g/mol. The first kappa shape index (κ1) is 12.2. The van der Waals surface area contributed by atoms with E-state index >= 15 is 0 Å². The highest BCUT2D eigenvalue weighted by molar-refractivity contribution is 9.10. The topological polar surface area (TPSA) is 66.4 Å². The third-order valence-corrected chi connectivity index (χ3v) is 3.89. The summed E-state index contributed by atoms with van der Waals surface area (Å²) >= 11 is 3.34. The molecule has 1 aromatic carbocycles. The van der Waals surface area contributed by atoms with Gasteiger partial charge in [-0.25, -0.2) is 4.79 Å². The number of carboxylic acids is 1. The summed E-state index contributed by atoms with van der Waals surface area (Å²) in [6.07, 6.45) is 4.91. The van der Waals surface area contributed by atoms with Crippen LogP contribution in [0, 0.1) is 5.92 Å². The van der Waals surface area contributed by atoms with Crippen LogP contribution in [0.4, 0.5) is 5.69 Å². The van der Waals surface area contributed by atoms with E-state index in [9.17, 15) is 14.7 Å². The van der Waals surface area contributed by atoms with Gasteiger partial charge in [0.2, 0.25) is 0 Å². The molecule has 0 saturated heterocycles. The van der Waals surface area contributed by atoms with Crippen LogP contribution in [-0.4, -0.2) is 22.9 Å². The Hall–Kier alpha value is -1.88. The maximum atomic E-state index is 12.4. The van der Waals surface area contributed by atoms with Crippen LogP contribution in [0.2, 0.25) is 0 Å². The average Bonchev–Trinajstić information content (AvgIpc) is 2.39. The van der Waals surface area contributed by atoms with Crippen molar-refractivity contribution in [3.63, 3.8) is 0 Å². The lowest BCUT2D eigenvalue weighted by atomic mass is 9.79. The van der Waals surface area contributed by atoms with E-state index < -0.39 is 17.9 Å². The van der Waals surface area contributed by atoms with E-state index in [0.717, 1.165) is 4.47 Å². The number of benzene rings is 1. The zero-order chi connectivity index (χ0) is 13.6. The van der Waals surface area contributed by atoms with Crippen molar-refractivity contribution in [2.75, 3.05) is 5.32 Å². The molecule has 0 spiro atoms. The zero-order valence-electron chi connectivity index (χ0n) is 9.76. The van der Waals surface area contributed by atoms with Crippen molar-refractivity contribution in [3.8, 4) is 0 Å². The van der Waals surface area contributed by atoms with Crippen molar-refractivity contribution in [1.82, 2.24) is 0 Å². The Balaban J connectivity index is 2.09. The maximum Gasteiger partial charge on any atom is 0.333 e. The van der Waals surface area contributed by atoms with Crippen LogP contribution in [0.3, 0.4) is 0 Å². The Morgan fingerprint density at radius 1 is 1.37 bits per heavy atom. The molecule has 19 heavy (non-hydrogen) atoms. The first-order valence-corrected chi connectivity index (χ1v) is 6.59. The lowest BCUT2D eigenvalue weighted by molar-refractivity contribution is -0.132. The summed E-state index contributed by atoms with van der Waals surface area (Å²) in [5, 5.41) is 12.3. The number of carbonyl (C=O) groups excluding carboxylic acids is 1. The molecular formula is C14H10BrNO3. The Kier molecular flexibility index (Phi) is 2.78. The van der Waals surface area contributed by atoms with Gasteiger partial charge in [-0.15, -0.1) is 0 Å². The van der Waals surface area contributed by atoms with Gasteiger partial charge in [0.1, 0.15) is 0 Å².